The van der Waals surface area contributed by atoms with Crippen molar-refractivity contribution in [3.8, 4) is 0 Å². The number of rotatable bonds is 0. The first-order valence-corrected chi connectivity index (χ1v) is 5.52. The summed E-state index contributed by atoms with van der Waals surface area (Å²) in [5, 5.41) is 0. The maximum Gasteiger partial charge on any atom is 0.203 e. The Morgan fingerprint density at radius 1 is 0.941 bits per heavy atom. The molecule has 0 fully saturated rings. The third-order valence-electron chi connectivity index (χ3n) is 2.57. The molecule has 0 saturated heterocycles. The van der Waals surface area contributed by atoms with E-state index in [1.165, 1.54) is 6.08 Å². The van der Waals surface area contributed by atoms with Gasteiger partial charge in [-0.2, -0.15) is 0 Å². The molecule has 90 valence electrons. The van der Waals surface area contributed by atoms with Crippen molar-refractivity contribution in [3.63, 3.8) is 0 Å². The molecule has 1 aliphatic carbocycles. The standard InChI is InChI=1S/C11H9NO3.C2H6/c1-5-6(2)12-10-8(14)4-3-7(13)9(10)11(5)15;1-2/h3-4H,1-2H3,(H,12,15);1-2H3. The van der Waals surface area contributed by atoms with E-state index in [9.17, 15) is 14.4 Å². The number of nitrogens with one attached hydrogen (secondary N) is 1. The molecule has 0 atom stereocenters. The van der Waals surface area contributed by atoms with Gasteiger partial charge in [0.05, 0.1) is 5.56 Å². The van der Waals surface area contributed by atoms with Crippen LogP contribution in [0.1, 0.15) is 46.0 Å². The zero-order valence-electron chi connectivity index (χ0n) is 10.4. The van der Waals surface area contributed by atoms with E-state index in [0.29, 0.717) is 11.3 Å². The summed E-state index contributed by atoms with van der Waals surface area (Å²) in [6.45, 7) is 7.33. The van der Waals surface area contributed by atoms with E-state index in [0.717, 1.165) is 6.08 Å². The Kier molecular flexibility index (Phi) is 3.78. The second kappa shape index (κ2) is 4.91. The van der Waals surface area contributed by atoms with Crippen molar-refractivity contribution in [2.24, 2.45) is 0 Å². The fourth-order valence-corrected chi connectivity index (χ4v) is 1.55. The molecule has 1 aromatic rings. The molecule has 0 unspecified atom stereocenters. The van der Waals surface area contributed by atoms with Gasteiger partial charge in [0.2, 0.25) is 5.78 Å². The van der Waals surface area contributed by atoms with E-state index < -0.39 is 5.78 Å². The summed E-state index contributed by atoms with van der Waals surface area (Å²) in [6, 6.07) is 0. The lowest BCUT2D eigenvalue weighted by Gasteiger charge is -2.10. The van der Waals surface area contributed by atoms with Gasteiger partial charge in [-0.1, -0.05) is 13.8 Å². The molecule has 1 aromatic heterocycles. The number of hydrogen-bond acceptors (Lipinski definition) is 3. The van der Waals surface area contributed by atoms with E-state index in [4.69, 9.17) is 0 Å². The van der Waals surface area contributed by atoms with Crippen molar-refractivity contribution < 1.29 is 9.59 Å². The van der Waals surface area contributed by atoms with Gasteiger partial charge in [0.15, 0.2) is 11.2 Å². The second-order valence-corrected chi connectivity index (χ2v) is 3.52. The average Bonchev–Trinajstić information content (AvgIpc) is 2.33. The lowest BCUT2D eigenvalue weighted by atomic mass is 9.97. The lowest BCUT2D eigenvalue weighted by molar-refractivity contribution is 0.0989. The molecule has 0 saturated carbocycles. The number of aromatic nitrogens is 1. The summed E-state index contributed by atoms with van der Waals surface area (Å²) in [6.07, 6.45) is 2.31. The van der Waals surface area contributed by atoms with Gasteiger partial charge in [-0.3, -0.25) is 14.4 Å². The summed E-state index contributed by atoms with van der Waals surface area (Å²) >= 11 is 0. The van der Waals surface area contributed by atoms with Gasteiger partial charge < -0.3 is 4.98 Å². The zero-order valence-corrected chi connectivity index (χ0v) is 10.4. The van der Waals surface area contributed by atoms with Gasteiger partial charge >= 0.3 is 0 Å². The summed E-state index contributed by atoms with van der Waals surface area (Å²) in [5.74, 6) is -0.737. The van der Waals surface area contributed by atoms with Crippen LogP contribution in [0.3, 0.4) is 0 Å². The predicted molar refractivity (Wildman–Crippen MR) is 65.7 cm³/mol. The largest absolute Gasteiger partial charge is 0.355 e. The average molecular weight is 233 g/mol. The summed E-state index contributed by atoms with van der Waals surface area (Å²) in [5.41, 5.74) is 0.811. The fourth-order valence-electron chi connectivity index (χ4n) is 1.55. The molecule has 0 aromatic carbocycles. The molecule has 1 heterocycles. The third kappa shape index (κ3) is 2.11. The Balaban J connectivity index is 0.000000686. The number of carbonyl (C=O) groups is 2. The number of hydrogen-bond donors (Lipinski definition) is 1. The van der Waals surface area contributed by atoms with E-state index >= 15 is 0 Å². The summed E-state index contributed by atoms with van der Waals surface area (Å²) in [4.78, 5) is 37.5. The van der Waals surface area contributed by atoms with Gasteiger partial charge in [0.1, 0.15) is 5.69 Å². The van der Waals surface area contributed by atoms with Crippen molar-refractivity contribution in [1.82, 2.24) is 4.98 Å². The minimum atomic E-state index is -0.408. The van der Waals surface area contributed by atoms with Gasteiger partial charge in [-0.25, -0.2) is 0 Å². The quantitative estimate of drug-likeness (QED) is 0.744. The van der Waals surface area contributed by atoms with Gasteiger partial charge in [0.25, 0.3) is 0 Å². The van der Waals surface area contributed by atoms with Gasteiger partial charge in [0, 0.05) is 11.3 Å². The van der Waals surface area contributed by atoms with Crippen LogP contribution in [0, 0.1) is 13.8 Å². The Morgan fingerprint density at radius 2 is 1.47 bits per heavy atom. The Bertz CT molecular complexity index is 565. The van der Waals surface area contributed by atoms with E-state index in [1.54, 1.807) is 13.8 Å². The van der Waals surface area contributed by atoms with Crippen LogP contribution in [0.5, 0.6) is 0 Å². The molecule has 1 aliphatic rings. The summed E-state index contributed by atoms with van der Waals surface area (Å²) < 4.78 is 0. The van der Waals surface area contributed by atoms with Crippen molar-refractivity contribution >= 4 is 11.6 Å². The SMILES string of the molecule is CC.Cc1[nH]c2c(c(=O)c1C)C(=O)C=CC2=O. The maximum atomic E-state index is 11.8. The molecule has 0 spiro atoms. The molecular weight excluding hydrogens is 218 g/mol. The van der Waals surface area contributed by atoms with Crippen LogP contribution in [0.25, 0.3) is 0 Å². The smallest absolute Gasteiger partial charge is 0.203 e. The molecule has 2 rings (SSSR count). The molecule has 0 radical (unpaired) electrons. The highest BCUT2D eigenvalue weighted by molar-refractivity contribution is 6.21. The van der Waals surface area contributed by atoms with Crippen LogP contribution in [-0.2, 0) is 0 Å². The van der Waals surface area contributed by atoms with Crippen LogP contribution < -0.4 is 5.43 Å². The Hall–Kier alpha value is -1.97. The highest BCUT2D eigenvalue weighted by Gasteiger charge is 2.24. The number of ketones is 2. The number of aryl methyl sites for hydroxylation is 1. The first kappa shape index (κ1) is 13.1. The van der Waals surface area contributed by atoms with Crippen LogP contribution in [0.4, 0.5) is 0 Å². The number of carbonyl (C=O) groups excluding carboxylic acids is 2. The molecular formula is C13H15NO3. The van der Waals surface area contributed by atoms with Gasteiger partial charge in [-0.15, -0.1) is 0 Å². The van der Waals surface area contributed by atoms with Crippen LogP contribution in [-0.4, -0.2) is 16.6 Å². The highest BCUT2D eigenvalue weighted by atomic mass is 16.1. The van der Waals surface area contributed by atoms with E-state index in [1.807, 2.05) is 13.8 Å². The van der Waals surface area contributed by atoms with Crippen molar-refractivity contribution in [2.45, 2.75) is 27.7 Å². The minimum Gasteiger partial charge on any atom is -0.355 e. The molecule has 4 heteroatoms. The number of fused-ring (bicyclic) bond motifs is 1. The van der Waals surface area contributed by atoms with Gasteiger partial charge in [-0.05, 0) is 26.0 Å². The monoisotopic (exact) mass is 233 g/mol. The van der Waals surface area contributed by atoms with Crippen LogP contribution in [0.15, 0.2) is 16.9 Å². The Morgan fingerprint density at radius 3 is 2.06 bits per heavy atom. The number of aromatic amines is 1. The van der Waals surface area contributed by atoms with Crippen molar-refractivity contribution in [2.75, 3.05) is 0 Å². The zero-order chi connectivity index (χ0) is 13.2. The molecule has 0 amide bonds. The number of allylic oxidation sites excluding steroid dienone is 2. The maximum absolute atomic E-state index is 11.8. The van der Waals surface area contributed by atoms with Crippen molar-refractivity contribution in [1.29, 1.82) is 0 Å². The Labute approximate surface area is 99.4 Å². The number of pyridine rings is 1. The fraction of sp³-hybridized carbons (Fsp3) is 0.308. The first-order valence-electron chi connectivity index (χ1n) is 5.52. The van der Waals surface area contributed by atoms with Crippen LogP contribution in [0.2, 0.25) is 0 Å². The predicted octanol–water partition coefficient (Wildman–Crippen LogP) is 1.95. The minimum absolute atomic E-state index is 0.0365. The number of H-pyrrole nitrogens is 1. The van der Waals surface area contributed by atoms with Crippen molar-refractivity contribution in [3.05, 3.63) is 44.9 Å². The normalized spacial score (nSPS) is 12.9. The summed E-state index contributed by atoms with van der Waals surface area (Å²) in [7, 11) is 0. The molecule has 4 nitrogen and oxygen atoms in total. The molecule has 0 aliphatic heterocycles. The molecule has 0 bridgehead atoms. The highest BCUT2D eigenvalue weighted by Crippen LogP contribution is 2.13. The third-order valence-corrected chi connectivity index (χ3v) is 2.57. The first-order chi connectivity index (χ1) is 8.02. The topological polar surface area (TPSA) is 67.0 Å². The second-order valence-electron chi connectivity index (χ2n) is 3.52. The lowest BCUT2D eigenvalue weighted by Crippen LogP contribution is -2.26. The van der Waals surface area contributed by atoms with Crippen LogP contribution >= 0.6 is 0 Å². The van der Waals surface area contributed by atoms with E-state index in [-0.39, 0.29) is 22.5 Å². The van der Waals surface area contributed by atoms with E-state index in [2.05, 4.69) is 4.98 Å². The molecule has 1 N–H and O–H groups in total. The molecule has 17 heavy (non-hydrogen) atoms.